The van der Waals surface area contributed by atoms with Gasteiger partial charge in [0.05, 0.1) is 18.5 Å². The minimum absolute atomic E-state index is 0.274. The molecule has 0 atom stereocenters. The lowest BCUT2D eigenvalue weighted by atomic mass is 10.1. The number of anilines is 1. The zero-order chi connectivity index (χ0) is 18.8. The van der Waals surface area contributed by atoms with Crippen LogP contribution in [0.5, 0.6) is 0 Å². The van der Waals surface area contributed by atoms with E-state index in [0.717, 1.165) is 47.8 Å². The van der Waals surface area contributed by atoms with Crippen molar-refractivity contribution >= 4 is 39.2 Å². The number of carbonyl (C=O) groups is 2. The lowest BCUT2D eigenvalue weighted by Crippen LogP contribution is -2.49. The summed E-state index contributed by atoms with van der Waals surface area (Å²) in [5, 5.41) is 0.909. The molecular weight excluding hydrogens is 354 g/mol. The van der Waals surface area contributed by atoms with Crippen molar-refractivity contribution in [2.45, 2.75) is 20.8 Å². The van der Waals surface area contributed by atoms with Crippen molar-refractivity contribution in [3.05, 3.63) is 16.3 Å². The van der Waals surface area contributed by atoms with Crippen molar-refractivity contribution < 1.29 is 14.3 Å². The van der Waals surface area contributed by atoms with E-state index in [1.54, 1.807) is 6.92 Å². The third kappa shape index (κ3) is 3.63. The van der Waals surface area contributed by atoms with Crippen LogP contribution in [0.25, 0.3) is 10.2 Å². The standard InChI is InChI=1S/C17H23N5O3S/c1-4-25-17(24)14-10(2)13-15(19-11(3)20-16(13)26-14)22-7-5-21(6-8-22)9-12(18)23/h4-9H2,1-3H3,(H2,18,23). The quantitative estimate of drug-likeness (QED) is 0.778. The molecule has 1 saturated heterocycles. The Bertz CT molecular complexity index is 843. The van der Waals surface area contributed by atoms with Gasteiger partial charge in [-0.15, -0.1) is 11.3 Å². The van der Waals surface area contributed by atoms with Crippen molar-refractivity contribution in [2.24, 2.45) is 5.73 Å². The number of piperazine rings is 1. The fourth-order valence-electron chi connectivity index (χ4n) is 3.18. The highest BCUT2D eigenvalue weighted by Gasteiger charge is 2.25. The molecule has 2 aromatic rings. The number of aryl methyl sites for hydroxylation is 2. The Kier molecular flexibility index (Phi) is 5.38. The Balaban J connectivity index is 1.93. The van der Waals surface area contributed by atoms with Gasteiger partial charge in [0, 0.05) is 26.2 Å². The number of nitrogens with zero attached hydrogens (tertiary/aromatic N) is 4. The first kappa shape index (κ1) is 18.5. The third-order valence-corrected chi connectivity index (χ3v) is 5.56. The van der Waals surface area contributed by atoms with Crippen LogP contribution >= 0.6 is 11.3 Å². The van der Waals surface area contributed by atoms with Crippen LogP contribution in [-0.2, 0) is 9.53 Å². The number of fused-ring (bicyclic) bond motifs is 1. The Hall–Kier alpha value is -2.26. The zero-order valence-corrected chi connectivity index (χ0v) is 16.1. The molecule has 0 radical (unpaired) electrons. The van der Waals surface area contributed by atoms with Gasteiger partial charge in [-0.25, -0.2) is 14.8 Å². The summed E-state index contributed by atoms with van der Waals surface area (Å²) in [5.74, 6) is 0.883. The molecule has 0 bridgehead atoms. The van der Waals surface area contributed by atoms with E-state index in [1.165, 1.54) is 11.3 Å². The predicted molar refractivity (Wildman–Crippen MR) is 101 cm³/mol. The number of esters is 1. The van der Waals surface area contributed by atoms with E-state index >= 15 is 0 Å². The van der Waals surface area contributed by atoms with Crippen LogP contribution in [0.4, 0.5) is 5.82 Å². The molecule has 1 fully saturated rings. The molecule has 1 amide bonds. The second-order valence-corrected chi connectivity index (χ2v) is 7.28. The molecule has 3 rings (SSSR count). The molecular formula is C17H23N5O3S. The second-order valence-electron chi connectivity index (χ2n) is 6.28. The summed E-state index contributed by atoms with van der Waals surface area (Å²) in [6.07, 6.45) is 0. The Labute approximate surface area is 155 Å². The van der Waals surface area contributed by atoms with Crippen molar-refractivity contribution in [3.63, 3.8) is 0 Å². The minimum atomic E-state index is -0.317. The van der Waals surface area contributed by atoms with Crippen molar-refractivity contribution in [3.8, 4) is 0 Å². The molecule has 8 nitrogen and oxygen atoms in total. The Morgan fingerprint density at radius 1 is 1.19 bits per heavy atom. The molecule has 0 unspecified atom stereocenters. The van der Waals surface area contributed by atoms with E-state index in [1.807, 2.05) is 18.7 Å². The van der Waals surface area contributed by atoms with Crippen LogP contribution < -0.4 is 10.6 Å². The first-order valence-corrected chi connectivity index (χ1v) is 9.42. The Morgan fingerprint density at radius 2 is 1.88 bits per heavy atom. The third-order valence-electron chi connectivity index (χ3n) is 4.39. The summed E-state index contributed by atoms with van der Waals surface area (Å²) in [5.41, 5.74) is 6.14. The molecule has 26 heavy (non-hydrogen) atoms. The molecule has 1 aliphatic rings. The topological polar surface area (TPSA) is 102 Å². The fourth-order valence-corrected chi connectivity index (χ4v) is 4.29. The SMILES string of the molecule is CCOC(=O)c1sc2nc(C)nc(N3CCN(CC(N)=O)CC3)c2c1C. The van der Waals surface area contributed by atoms with Gasteiger partial charge in [-0.2, -0.15) is 0 Å². The zero-order valence-electron chi connectivity index (χ0n) is 15.2. The molecule has 0 aromatic carbocycles. The number of carbonyl (C=O) groups excluding carboxylic acids is 2. The van der Waals surface area contributed by atoms with E-state index in [4.69, 9.17) is 10.5 Å². The van der Waals surface area contributed by atoms with Crippen LogP contribution in [0.1, 0.15) is 28.0 Å². The molecule has 0 saturated carbocycles. The predicted octanol–water partition coefficient (Wildman–Crippen LogP) is 1.09. The summed E-state index contributed by atoms with van der Waals surface area (Å²) in [7, 11) is 0. The van der Waals surface area contributed by atoms with Crippen LogP contribution in [0.3, 0.4) is 0 Å². The van der Waals surface area contributed by atoms with Gasteiger partial charge in [0.25, 0.3) is 0 Å². The first-order chi connectivity index (χ1) is 12.4. The van der Waals surface area contributed by atoms with Gasteiger partial charge in [0.15, 0.2) is 0 Å². The number of hydrogen-bond donors (Lipinski definition) is 1. The van der Waals surface area contributed by atoms with Gasteiger partial charge in [0.1, 0.15) is 21.3 Å². The molecule has 3 heterocycles. The lowest BCUT2D eigenvalue weighted by Gasteiger charge is -2.35. The number of thiophene rings is 1. The number of aromatic nitrogens is 2. The van der Waals surface area contributed by atoms with E-state index in [0.29, 0.717) is 17.3 Å². The highest BCUT2D eigenvalue weighted by atomic mass is 32.1. The average molecular weight is 377 g/mol. The normalized spacial score (nSPS) is 15.4. The van der Waals surface area contributed by atoms with Crippen molar-refractivity contribution in [1.82, 2.24) is 14.9 Å². The van der Waals surface area contributed by atoms with Gasteiger partial charge in [-0.05, 0) is 26.3 Å². The van der Waals surface area contributed by atoms with Gasteiger partial charge < -0.3 is 15.4 Å². The van der Waals surface area contributed by atoms with E-state index in [9.17, 15) is 9.59 Å². The molecule has 2 N–H and O–H groups in total. The highest BCUT2D eigenvalue weighted by Crippen LogP contribution is 2.36. The van der Waals surface area contributed by atoms with Crippen molar-refractivity contribution in [2.75, 3.05) is 44.2 Å². The lowest BCUT2D eigenvalue weighted by molar-refractivity contribution is -0.119. The number of ether oxygens (including phenoxy) is 1. The van der Waals surface area contributed by atoms with Gasteiger partial charge in [0.2, 0.25) is 5.91 Å². The first-order valence-electron chi connectivity index (χ1n) is 8.61. The number of primary amides is 1. The molecule has 0 aliphatic carbocycles. The minimum Gasteiger partial charge on any atom is -0.462 e. The van der Waals surface area contributed by atoms with Crippen LogP contribution in [-0.4, -0.2) is 66.1 Å². The summed E-state index contributed by atoms with van der Waals surface area (Å²) in [6, 6.07) is 0. The van der Waals surface area contributed by atoms with Crippen molar-refractivity contribution in [1.29, 1.82) is 0 Å². The average Bonchev–Trinajstić information content (AvgIpc) is 2.91. The number of hydrogen-bond acceptors (Lipinski definition) is 8. The molecule has 2 aromatic heterocycles. The maximum Gasteiger partial charge on any atom is 0.348 e. The maximum atomic E-state index is 12.2. The van der Waals surface area contributed by atoms with E-state index < -0.39 is 0 Å². The van der Waals surface area contributed by atoms with Crippen LogP contribution in [0, 0.1) is 13.8 Å². The summed E-state index contributed by atoms with van der Waals surface area (Å²) in [4.78, 5) is 38.1. The van der Waals surface area contributed by atoms with E-state index in [-0.39, 0.29) is 18.4 Å². The smallest absolute Gasteiger partial charge is 0.348 e. The molecule has 0 spiro atoms. The van der Waals surface area contributed by atoms with Gasteiger partial charge in [-0.1, -0.05) is 0 Å². The maximum absolute atomic E-state index is 12.2. The molecule has 140 valence electrons. The largest absolute Gasteiger partial charge is 0.462 e. The number of rotatable bonds is 5. The summed E-state index contributed by atoms with van der Waals surface area (Å²) >= 11 is 1.35. The molecule has 9 heteroatoms. The van der Waals surface area contributed by atoms with Crippen LogP contribution in [0.15, 0.2) is 0 Å². The summed E-state index contributed by atoms with van der Waals surface area (Å²) < 4.78 is 5.16. The summed E-state index contributed by atoms with van der Waals surface area (Å²) in [6.45, 7) is 9.13. The van der Waals surface area contributed by atoms with Gasteiger partial charge >= 0.3 is 5.97 Å². The van der Waals surface area contributed by atoms with E-state index in [2.05, 4.69) is 14.9 Å². The highest BCUT2D eigenvalue weighted by molar-refractivity contribution is 7.20. The monoisotopic (exact) mass is 377 g/mol. The van der Waals surface area contributed by atoms with Gasteiger partial charge in [-0.3, -0.25) is 9.69 Å². The fraction of sp³-hybridized carbons (Fsp3) is 0.529. The van der Waals surface area contributed by atoms with Crippen LogP contribution in [0.2, 0.25) is 0 Å². The molecule has 1 aliphatic heterocycles. The number of nitrogens with two attached hydrogens (primary N) is 1. The number of amides is 1. The Morgan fingerprint density at radius 3 is 2.50 bits per heavy atom. The second kappa shape index (κ2) is 7.55.